The molecule has 0 heterocycles. The van der Waals surface area contributed by atoms with E-state index in [0.717, 1.165) is 0 Å². The van der Waals surface area contributed by atoms with Crippen LogP contribution in [0.15, 0.2) is 0 Å². The lowest BCUT2D eigenvalue weighted by Crippen LogP contribution is -2.20. The van der Waals surface area contributed by atoms with E-state index in [1.165, 1.54) is 38.5 Å². The van der Waals surface area contributed by atoms with Crippen LogP contribution < -0.4 is 0 Å². The van der Waals surface area contributed by atoms with Crippen molar-refractivity contribution >= 4 is 0 Å². The van der Waals surface area contributed by atoms with Crippen molar-refractivity contribution in [2.45, 2.75) is 219 Å². The van der Waals surface area contributed by atoms with Crippen LogP contribution in [0.25, 0.3) is 0 Å². The summed E-state index contributed by atoms with van der Waals surface area (Å²) in [6.07, 6.45) is 7.62. The molecule has 0 unspecified atom stereocenters. The Kier molecular flexibility index (Phi) is 38.3. The Labute approximate surface area is 279 Å². The van der Waals surface area contributed by atoms with E-state index in [-0.39, 0.29) is 18.6 Å². The van der Waals surface area contributed by atoms with E-state index in [4.69, 9.17) is 10.2 Å². The zero-order valence-corrected chi connectivity index (χ0v) is 36.1. The molecule has 0 spiro atoms. The van der Waals surface area contributed by atoms with Gasteiger partial charge in [-0.3, -0.25) is 0 Å². The fourth-order valence-corrected chi connectivity index (χ4v) is 0.0500. The van der Waals surface area contributed by atoms with Crippen LogP contribution in [-0.2, 0) is 0 Å². The van der Waals surface area contributed by atoms with Crippen LogP contribution in [0.3, 0.4) is 0 Å². The summed E-state index contributed by atoms with van der Waals surface area (Å²) in [6, 6.07) is 0. The monoisotopic (exact) mass is 621 g/mol. The van der Waals surface area contributed by atoms with Gasteiger partial charge in [0.25, 0.3) is 0 Å². The maximum Gasteiger partial charge on any atom is 0.0504 e. The minimum atomic E-state index is -0.306. The van der Waals surface area contributed by atoms with E-state index in [9.17, 15) is 0 Å². The predicted octanol–water partition coefficient (Wildman–Crippen LogP) is 14.7. The summed E-state index contributed by atoms with van der Waals surface area (Å²) in [4.78, 5) is 0. The lowest BCUT2D eigenvalue weighted by Gasteiger charge is -2.16. The van der Waals surface area contributed by atoms with Gasteiger partial charge in [-0.15, -0.1) is 0 Å². The van der Waals surface area contributed by atoms with Crippen molar-refractivity contribution in [3.63, 3.8) is 0 Å². The molecule has 2 N–H and O–H groups in total. The summed E-state index contributed by atoms with van der Waals surface area (Å²) >= 11 is 0. The number of aliphatic hydroxyl groups is 2. The molecule has 0 rings (SSSR count). The highest BCUT2D eigenvalue weighted by Gasteiger charge is 2.13. The first kappa shape index (κ1) is 58.5. The SMILES string of the molecule is CC(C)(CO)CO.CCC(C)(C)C.CCC(C)(C)C.CCC(C)(C)C.CCC(C)(C)C.CCC(C)(C)C.CCC(C)(C)C. The summed E-state index contributed by atoms with van der Waals surface area (Å²) in [5.74, 6) is 0. The van der Waals surface area contributed by atoms with Crippen LogP contribution in [-0.4, -0.2) is 23.4 Å². The van der Waals surface area contributed by atoms with Gasteiger partial charge in [0.15, 0.2) is 0 Å². The second-order valence-electron chi connectivity index (χ2n) is 20.0. The molecule has 0 aliphatic rings. The van der Waals surface area contributed by atoms with Crippen molar-refractivity contribution in [1.29, 1.82) is 0 Å². The second-order valence-corrected chi connectivity index (χ2v) is 20.0. The molecule has 0 fully saturated rings. The molecule has 0 aliphatic heterocycles. The molecule has 43 heavy (non-hydrogen) atoms. The van der Waals surface area contributed by atoms with Crippen LogP contribution in [0.2, 0.25) is 0 Å². The standard InChI is InChI=1S/6C6H14.C5H12O2/c6*1-5-6(2,3)4;1-5(2,3-6)4-7/h6*5H2,1-4H3;6-7H,3-4H2,1-2H3. The smallest absolute Gasteiger partial charge is 0.0504 e. The molecule has 0 aromatic rings. The van der Waals surface area contributed by atoms with Crippen molar-refractivity contribution in [3.05, 3.63) is 0 Å². The highest BCUT2D eigenvalue weighted by Crippen LogP contribution is 2.18. The molecule has 0 aromatic carbocycles. The molecule has 0 saturated carbocycles. The average Bonchev–Trinajstić information content (AvgIpc) is 2.83. The molecule has 0 aliphatic carbocycles. The molecule has 2 nitrogen and oxygen atoms in total. The highest BCUT2D eigenvalue weighted by atomic mass is 16.3. The van der Waals surface area contributed by atoms with Crippen molar-refractivity contribution in [1.82, 2.24) is 0 Å². The van der Waals surface area contributed by atoms with Gasteiger partial charge in [-0.25, -0.2) is 0 Å². The van der Waals surface area contributed by atoms with E-state index in [0.29, 0.717) is 32.5 Å². The number of hydrogen-bond acceptors (Lipinski definition) is 2. The van der Waals surface area contributed by atoms with Crippen molar-refractivity contribution in [2.24, 2.45) is 37.9 Å². The highest BCUT2D eigenvalue weighted by molar-refractivity contribution is 4.63. The van der Waals surface area contributed by atoms with Crippen LogP contribution >= 0.6 is 0 Å². The Balaban J connectivity index is -0.0000000704. The van der Waals surface area contributed by atoms with E-state index in [1.54, 1.807) is 13.8 Å². The van der Waals surface area contributed by atoms with Crippen LogP contribution in [0.1, 0.15) is 219 Å². The Hall–Kier alpha value is -0.0800. The van der Waals surface area contributed by atoms with Gasteiger partial charge >= 0.3 is 0 Å². The fourth-order valence-electron chi connectivity index (χ4n) is 0.0500. The molecule has 272 valence electrons. The number of aliphatic hydroxyl groups excluding tert-OH is 2. The van der Waals surface area contributed by atoms with Crippen molar-refractivity contribution < 1.29 is 10.2 Å². The van der Waals surface area contributed by atoms with Gasteiger partial charge in [-0.2, -0.15) is 0 Å². The molecular formula is C41H96O2. The molecular weight excluding hydrogens is 524 g/mol. The summed E-state index contributed by atoms with van der Waals surface area (Å²) in [5, 5.41) is 16.9. The van der Waals surface area contributed by atoms with E-state index >= 15 is 0 Å². The molecule has 0 amide bonds. The topological polar surface area (TPSA) is 40.5 Å². The zero-order chi connectivity index (χ0) is 37.2. The maximum atomic E-state index is 8.43. The van der Waals surface area contributed by atoms with Gasteiger partial charge in [0.2, 0.25) is 0 Å². The summed E-state index contributed by atoms with van der Waals surface area (Å²) in [7, 11) is 0. The molecule has 0 radical (unpaired) electrons. The maximum absolute atomic E-state index is 8.43. The molecule has 0 atom stereocenters. The Bertz CT molecular complexity index is 400. The third-order valence-corrected chi connectivity index (χ3v) is 7.22. The van der Waals surface area contributed by atoms with Crippen LogP contribution in [0, 0.1) is 37.9 Å². The lowest BCUT2D eigenvalue weighted by molar-refractivity contribution is 0.0857. The molecule has 0 bridgehead atoms. The second kappa shape index (κ2) is 28.2. The summed E-state index contributed by atoms with van der Waals surface area (Å²) < 4.78 is 0. The molecule has 0 aromatic heterocycles. The third-order valence-electron chi connectivity index (χ3n) is 7.22. The minimum absolute atomic E-state index is 0.0451. The third kappa shape index (κ3) is 117. The minimum Gasteiger partial charge on any atom is -0.396 e. The van der Waals surface area contributed by atoms with Gasteiger partial charge in [0.1, 0.15) is 0 Å². The van der Waals surface area contributed by atoms with E-state index in [1.807, 2.05) is 0 Å². The summed E-state index contributed by atoms with van der Waals surface area (Å²) in [6.45, 7) is 57.3. The molecule has 2 heteroatoms. The first-order chi connectivity index (χ1) is 18.5. The average molecular weight is 621 g/mol. The largest absolute Gasteiger partial charge is 0.396 e. The zero-order valence-electron chi connectivity index (χ0n) is 36.1. The first-order valence-electron chi connectivity index (χ1n) is 17.7. The Morgan fingerprint density at radius 3 is 0.326 bits per heavy atom. The van der Waals surface area contributed by atoms with E-state index < -0.39 is 0 Å². The fraction of sp³-hybridized carbons (Fsp3) is 1.00. The van der Waals surface area contributed by atoms with Gasteiger partial charge in [-0.05, 0) is 32.5 Å². The van der Waals surface area contributed by atoms with Gasteiger partial charge in [0.05, 0.1) is 13.2 Å². The molecule has 0 saturated heterocycles. The Morgan fingerprint density at radius 1 is 0.256 bits per heavy atom. The first-order valence-corrected chi connectivity index (χ1v) is 17.7. The summed E-state index contributed by atoms with van der Waals surface area (Å²) in [5.41, 5.74) is 2.94. The van der Waals surface area contributed by atoms with Crippen LogP contribution in [0.5, 0.6) is 0 Å². The Morgan fingerprint density at radius 2 is 0.326 bits per heavy atom. The van der Waals surface area contributed by atoms with Gasteiger partial charge < -0.3 is 10.2 Å². The van der Waals surface area contributed by atoms with Crippen molar-refractivity contribution in [3.8, 4) is 0 Å². The van der Waals surface area contributed by atoms with Gasteiger partial charge in [0, 0.05) is 5.41 Å². The van der Waals surface area contributed by atoms with E-state index in [2.05, 4.69) is 166 Å². The normalized spacial score (nSPS) is 12.0. The predicted molar refractivity (Wildman–Crippen MR) is 206 cm³/mol. The van der Waals surface area contributed by atoms with Crippen molar-refractivity contribution in [2.75, 3.05) is 13.2 Å². The number of hydrogen-bond donors (Lipinski definition) is 2. The van der Waals surface area contributed by atoms with Crippen LogP contribution in [0.4, 0.5) is 0 Å². The number of rotatable bonds is 2. The van der Waals surface area contributed by atoms with Gasteiger partial charge in [-0.1, -0.05) is 219 Å². The lowest BCUT2D eigenvalue weighted by atomic mass is 9.94. The quantitative estimate of drug-likeness (QED) is 0.322.